The summed E-state index contributed by atoms with van der Waals surface area (Å²) in [6, 6.07) is 16.6. The van der Waals surface area contributed by atoms with Gasteiger partial charge in [-0.1, -0.05) is 30.3 Å². The average Bonchev–Trinajstić information content (AvgIpc) is 2.91. The van der Waals surface area contributed by atoms with Crippen molar-refractivity contribution in [2.45, 2.75) is 0 Å². The molecule has 0 amide bonds. The zero-order chi connectivity index (χ0) is 14.2. The van der Waals surface area contributed by atoms with Gasteiger partial charge in [-0.2, -0.15) is 0 Å². The highest BCUT2D eigenvalue weighted by atomic mass is 16.5. The lowest BCUT2D eigenvalue weighted by Gasteiger charge is -2.07. The molecule has 6 nitrogen and oxygen atoms in total. The second-order valence-corrected chi connectivity index (χ2v) is 4.51. The third kappa shape index (κ3) is 1.85. The van der Waals surface area contributed by atoms with Crippen molar-refractivity contribution in [3.8, 4) is 11.6 Å². The van der Waals surface area contributed by atoms with E-state index in [0.717, 1.165) is 0 Å². The summed E-state index contributed by atoms with van der Waals surface area (Å²) in [5.74, 6) is 0.927. The first-order chi connectivity index (χ1) is 10.3. The molecule has 6 heteroatoms. The molecule has 0 spiro atoms. The fourth-order valence-electron chi connectivity index (χ4n) is 2.24. The number of fused-ring (bicyclic) bond motifs is 3. The van der Waals surface area contributed by atoms with E-state index in [-0.39, 0.29) is 5.69 Å². The van der Waals surface area contributed by atoms with Gasteiger partial charge in [-0.3, -0.25) is 0 Å². The number of aromatic amines is 1. The van der Waals surface area contributed by atoms with Crippen LogP contribution in [0.2, 0.25) is 0 Å². The Morgan fingerprint density at radius 3 is 2.62 bits per heavy atom. The first-order valence-electron chi connectivity index (χ1n) is 6.42. The zero-order valence-electron chi connectivity index (χ0n) is 10.9. The van der Waals surface area contributed by atoms with Crippen LogP contribution in [0.25, 0.3) is 16.7 Å². The predicted octanol–water partition coefficient (Wildman–Crippen LogP) is 2.36. The summed E-state index contributed by atoms with van der Waals surface area (Å²) in [5.41, 5.74) is 1.40. The van der Waals surface area contributed by atoms with Gasteiger partial charge in [0.05, 0.1) is 11.0 Å². The Bertz CT molecular complexity index is 989. The van der Waals surface area contributed by atoms with E-state index in [9.17, 15) is 4.79 Å². The van der Waals surface area contributed by atoms with Gasteiger partial charge in [0, 0.05) is 0 Å². The van der Waals surface area contributed by atoms with Crippen molar-refractivity contribution in [3.05, 3.63) is 65.1 Å². The van der Waals surface area contributed by atoms with E-state index in [1.54, 1.807) is 0 Å². The van der Waals surface area contributed by atoms with Crippen LogP contribution < -0.4 is 10.4 Å². The van der Waals surface area contributed by atoms with Crippen molar-refractivity contribution in [1.29, 1.82) is 0 Å². The second kappa shape index (κ2) is 4.45. The molecule has 0 aliphatic heterocycles. The maximum absolute atomic E-state index is 12.0. The van der Waals surface area contributed by atoms with Gasteiger partial charge < -0.3 is 4.74 Å². The molecule has 2 aromatic carbocycles. The van der Waals surface area contributed by atoms with Crippen molar-refractivity contribution < 1.29 is 4.74 Å². The molecule has 2 aromatic heterocycles. The Morgan fingerprint density at radius 1 is 1.00 bits per heavy atom. The lowest BCUT2D eigenvalue weighted by Crippen LogP contribution is -2.10. The highest BCUT2D eigenvalue weighted by Crippen LogP contribution is 2.25. The van der Waals surface area contributed by atoms with Crippen molar-refractivity contribution in [1.82, 2.24) is 19.6 Å². The Labute approximate surface area is 118 Å². The standard InChI is InChI=1S/C15H10N4O2/c20-15-18-17-13-14(21-10-6-2-1-3-7-10)16-11-8-4-5-9-12(11)19(13)15/h1-9H,(H,18,20). The number of ether oxygens (including phenoxy) is 1. The summed E-state index contributed by atoms with van der Waals surface area (Å²) >= 11 is 0. The molecule has 0 radical (unpaired) electrons. The molecule has 0 unspecified atom stereocenters. The molecule has 21 heavy (non-hydrogen) atoms. The van der Waals surface area contributed by atoms with Gasteiger partial charge in [0.2, 0.25) is 5.65 Å². The minimum absolute atomic E-state index is 0.290. The number of rotatable bonds is 2. The first kappa shape index (κ1) is 11.7. The van der Waals surface area contributed by atoms with Gasteiger partial charge in [-0.15, -0.1) is 5.10 Å². The Hall–Kier alpha value is -3.15. The van der Waals surface area contributed by atoms with E-state index >= 15 is 0 Å². The molecule has 102 valence electrons. The van der Waals surface area contributed by atoms with Crippen LogP contribution in [0.5, 0.6) is 11.6 Å². The fourth-order valence-corrected chi connectivity index (χ4v) is 2.24. The van der Waals surface area contributed by atoms with Crippen molar-refractivity contribution in [3.63, 3.8) is 0 Å². The van der Waals surface area contributed by atoms with Crippen LogP contribution in [-0.2, 0) is 0 Å². The molecule has 0 bridgehead atoms. The van der Waals surface area contributed by atoms with E-state index in [1.807, 2.05) is 54.6 Å². The summed E-state index contributed by atoms with van der Waals surface area (Å²) < 4.78 is 7.22. The van der Waals surface area contributed by atoms with Gasteiger partial charge in [0.1, 0.15) is 5.75 Å². The lowest BCUT2D eigenvalue weighted by molar-refractivity contribution is 0.467. The third-order valence-electron chi connectivity index (χ3n) is 3.17. The fraction of sp³-hybridized carbons (Fsp3) is 0. The van der Waals surface area contributed by atoms with Gasteiger partial charge in [0.25, 0.3) is 5.88 Å². The Balaban J connectivity index is 2.01. The van der Waals surface area contributed by atoms with Crippen molar-refractivity contribution in [2.24, 2.45) is 0 Å². The summed E-state index contributed by atoms with van der Waals surface area (Å²) in [6.45, 7) is 0. The van der Waals surface area contributed by atoms with Crippen LogP contribution in [0.3, 0.4) is 0 Å². The van der Waals surface area contributed by atoms with E-state index < -0.39 is 0 Å². The van der Waals surface area contributed by atoms with Crippen LogP contribution in [0.15, 0.2) is 59.4 Å². The van der Waals surface area contributed by atoms with Crippen LogP contribution in [0.1, 0.15) is 0 Å². The molecular weight excluding hydrogens is 268 g/mol. The largest absolute Gasteiger partial charge is 0.436 e. The van der Waals surface area contributed by atoms with Crippen LogP contribution in [0, 0.1) is 0 Å². The Morgan fingerprint density at radius 2 is 1.76 bits per heavy atom. The highest BCUT2D eigenvalue weighted by Gasteiger charge is 2.14. The number of para-hydroxylation sites is 3. The average molecular weight is 278 g/mol. The number of benzene rings is 2. The number of hydrogen-bond acceptors (Lipinski definition) is 4. The molecule has 1 N–H and O–H groups in total. The predicted molar refractivity (Wildman–Crippen MR) is 77.6 cm³/mol. The minimum Gasteiger partial charge on any atom is -0.436 e. The molecule has 0 aliphatic rings. The summed E-state index contributed by atoms with van der Waals surface area (Å²) in [5, 5.41) is 6.43. The smallest absolute Gasteiger partial charge is 0.348 e. The summed E-state index contributed by atoms with van der Waals surface area (Å²) in [7, 11) is 0. The van der Waals surface area contributed by atoms with Gasteiger partial charge >= 0.3 is 5.69 Å². The number of aromatic nitrogens is 4. The molecule has 2 heterocycles. The molecule has 4 rings (SSSR count). The van der Waals surface area contributed by atoms with Crippen LogP contribution in [-0.4, -0.2) is 19.6 Å². The van der Waals surface area contributed by atoms with Crippen LogP contribution >= 0.6 is 0 Å². The molecule has 0 aliphatic carbocycles. The van der Waals surface area contributed by atoms with Crippen molar-refractivity contribution in [2.75, 3.05) is 0 Å². The quantitative estimate of drug-likeness (QED) is 0.611. The molecule has 4 aromatic rings. The highest BCUT2D eigenvalue weighted by molar-refractivity contribution is 5.79. The normalized spacial score (nSPS) is 11.0. The van der Waals surface area contributed by atoms with E-state index in [0.29, 0.717) is 28.3 Å². The minimum atomic E-state index is -0.318. The SMILES string of the molecule is O=c1[nH]nc2c(Oc3ccccc3)nc3ccccc3n12. The molecule has 0 saturated heterocycles. The van der Waals surface area contributed by atoms with Gasteiger partial charge in [0.15, 0.2) is 0 Å². The van der Waals surface area contributed by atoms with E-state index in [4.69, 9.17) is 4.74 Å². The maximum Gasteiger partial charge on any atom is 0.348 e. The van der Waals surface area contributed by atoms with Gasteiger partial charge in [-0.25, -0.2) is 19.3 Å². The number of nitrogens with one attached hydrogen (secondary N) is 1. The van der Waals surface area contributed by atoms with E-state index in [1.165, 1.54) is 4.40 Å². The molecule has 0 fully saturated rings. The molecular formula is C15H10N4O2. The Kier molecular flexibility index (Phi) is 2.47. The molecule has 0 saturated carbocycles. The first-order valence-corrected chi connectivity index (χ1v) is 6.42. The third-order valence-corrected chi connectivity index (χ3v) is 3.17. The summed E-state index contributed by atoms with van der Waals surface area (Å²) in [4.78, 5) is 16.4. The van der Waals surface area contributed by atoms with Crippen molar-refractivity contribution >= 4 is 16.7 Å². The van der Waals surface area contributed by atoms with E-state index in [2.05, 4.69) is 15.2 Å². The number of hydrogen-bond donors (Lipinski definition) is 1. The second-order valence-electron chi connectivity index (χ2n) is 4.51. The lowest BCUT2D eigenvalue weighted by atomic mass is 10.3. The van der Waals surface area contributed by atoms with Crippen LogP contribution in [0.4, 0.5) is 0 Å². The van der Waals surface area contributed by atoms with Gasteiger partial charge in [-0.05, 0) is 24.3 Å². The topological polar surface area (TPSA) is 72.3 Å². The number of nitrogens with zero attached hydrogens (tertiary/aromatic N) is 3. The monoisotopic (exact) mass is 278 g/mol. The maximum atomic E-state index is 12.0. The molecule has 0 atom stereocenters. The summed E-state index contributed by atoms with van der Waals surface area (Å²) in [6.07, 6.45) is 0. The number of H-pyrrole nitrogens is 1. The zero-order valence-corrected chi connectivity index (χ0v) is 10.9.